The Labute approximate surface area is 119 Å². The summed E-state index contributed by atoms with van der Waals surface area (Å²) in [6.45, 7) is 4.49. The first kappa shape index (κ1) is 13.3. The molecule has 1 aromatic heterocycles. The van der Waals surface area contributed by atoms with Crippen LogP contribution in [-0.2, 0) is 0 Å². The van der Waals surface area contributed by atoms with Gasteiger partial charge in [0.15, 0.2) is 5.82 Å². The highest BCUT2D eigenvalue weighted by Gasteiger charge is 2.09. The van der Waals surface area contributed by atoms with E-state index in [0.717, 1.165) is 21.5 Å². The summed E-state index contributed by atoms with van der Waals surface area (Å²) in [6.07, 6.45) is 0. The van der Waals surface area contributed by atoms with E-state index in [9.17, 15) is 0 Å². The molecule has 18 heavy (non-hydrogen) atoms. The van der Waals surface area contributed by atoms with Crippen molar-refractivity contribution in [2.24, 2.45) is 0 Å². The van der Waals surface area contributed by atoms with Crippen LogP contribution in [-0.4, -0.2) is 16.6 Å². The highest BCUT2D eigenvalue weighted by atomic mass is 79.9. The number of benzene rings is 1. The molecule has 5 heteroatoms. The van der Waals surface area contributed by atoms with E-state index in [4.69, 9.17) is 16.3 Å². The van der Waals surface area contributed by atoms with E-state index in [0.29, 0.717) is 17.6 Å². The lowest BCUT2D eigenvalue weighted by atomic mass is 10.2. The average Bonchev–Trinajstić information content (AvgIpc) is 2.37. The second-order valence-corrected chi connectivity index (χ2v) is 4.85. The molecule has 1 aromatic carbocycles. The van der Waals surface area contributed by atoms with Crippen LogP contribution in [0, 0.1) is 6.92 Å². The monoisotopic (exact) mass is 326 g/mol. The first-order chi connectivity index (χ1) is 8.61. The van der Waals surface area contributed by atoms with Crippen LogP contribution in [0.2, 0.25) is 5.15 Å². The Morgan fingerprint density at radius 1 is 1.22 bits per heavy atom. The normalized spacial score (nSPS) is 10.4. The Kier molecular flexibility index (Phi) is 4.19. The van der Waals surface area contributed by atoms with Gasteiger partial charge in [-0.1, -0.05) is 11.6 Å². The molecular formula is C13H12BrClN2O. The second kappa shape index (κ2) is 5.67. The zero-order chi connectivity index (χ0) is 13.1. The minimum Gasteiger partial charge on any atom is -0.494 e. The molecule has 94 valence electrons. The number of ether oxygens (including phenoxy) is 1. The Morgan fingerprint density at radius 2 is 1.89 bits per heavy atom. The summed E-state index contributed by atoms with van der Waals surface area (Å²) in [5.41, 5.74) is 1.73. The van der Waals surface area contributed by atoms with Gasteiger partial charge < -0.3 is 4.74 Å². The lowest BCUT2D eigenvalue weighted by Crippen LogP contribution is -1.95. The molecule has 0 radical (unpaired) electrons. The average molecular weight is 328 g/mol. The largest absolute Gasteiger partial charge is 0.494 e. The molecule has 0 unspecified atom stereocenters. The molecule has 0 amide bonds. The van der Waals surface area contributed by atoms with Crippen LogP contribution in [0.4, 0.5) is 0 Å². The van der Waals surface area contributed by atoms with Gasteiger partial charge in [-0.2, -0.15) is 0 Å². The van der Waals surface area contributed by atoms with Crippen LogP contribution in [0.3, 0.4) is 0 Å². The summed E-state index contributed by atoms with van der Waals surface area (Å²) in [5.74, 6) is 1.45. The van der Waals surface area contributed by atoms with Gasteiger partial charge in [0.05, 0.1) is 16.8 Å². The Bertz CT molecular complexity index is 534. The van der Waals surface area contributed by atoms with Crippen molar-refractivity contribution in [1.29, 1.82) is 0 Å². The number of nitrogens with zero attached hydrogens (tertiary/aromatic N) is 2. The zero-order valence-corrected chi connectivity index (χ0v) is 12.4. The molecule has 2 rings (SSSR count). The summed E-state index contributed by atoms with van der Waals surface area (Å²) < 4.78 is 6.12. The number of hydrogen-bond acceptors (Lipinski definition) is 3. The lowest BCUT2D eigenvalue weighted by molar-refractivity contribution is 0.340. The SMILES string of the molecule is CCOc1ccc(-c2nc(C)c(Br)c(Cl)n2)cc1. The minimum atomic E-state index is 0.423. The molecule has 2 aromatic rings. The van der Waals surface area contributed by atoms with E-state index in [1.807, 2.05) is 38.1 Å². The third kappa shape index (κ3) is 2.82. The second-order valence-electron chi connectivity index (χ2n) is 3.69. The molecule has 0 N–H and O–H groups in total. The number of rotatable bonds is 3. The van der Waals surface area contributed by atoms with E-state index in [1.54, 1.807) is 0 Å². The van der Waals surface area contributed by atoms with Crippen LogP contribution < -0.4 is 4.74 Å². The Hall–Kier alpha value is -1.13. The predicted octanol–water partition coefficient (Wildman–Crippen LogP) is 4.27. The summed E-state index contributed by atoms with van der Waals surface area (Å²) in [4.78, 5) is 8.64. The standard InChI is InChI=1S/C13H12BrClN2O/c1-3-18-10-6-4-9(5-7-10)13-16-8(2)11(14)12(15)17-13/h4-7H,3H2,1-2H3. The molecule has 0 fully saturated rings. The topological polar surface area (TPSA) is 35.0 Å². The third-order valence-corrected chi connectivity index (χ3v) is 3.85. The number of hydrogen-bond donors (Lipinski definition) is 0. The summed E-state index contributed by atoms with van der Waals surface area (Å²) >= 11 is 9.37. The molecule has 0 spiro atoms. The number of halogens is 2. The Balaban J connectivity index is 2.36. The fourth-order valence-corrected chi connectivity index (χ4v) is 1.91. The van der Waals surface area contributed by atoms with Crippen LogP contribution in [0.15, 0.2) is 28.7 Å². The van der Waals surface area contributed by atoms with Crippen molar-refractivity contribution in [1.82, 2.24) is 9.97 Å². The van der Waals surface area contributed by atoms with Crippen molar-refractivity contribution in [3.63, 3.8) is 0 Å². The van der Waals surface area contributed by atoms with Gasteiger partial charge in [0.1, 0.15) is 10.9 Å². The van der Waals surface area contributed by atoms with Gasteiger partial charge in [0, 0.05) is 5.56 Å². The van der Waals surface area contributed by atoms with Crippen LogP contribution in [0.25, 0.3) is 11.4 Å². The van der Waals surface area contributed by atoms with Crippen molar-refractivity contribution in [3.8, 4) is 17.1 Å². The predicted molar refractivity (Wildman–Crippen MR) is 76.1 cm³/mol. The first-order valence-corrected chi connectivity index (χ1v) is 6.71. The molecule has 0 bridgehead atoms. The lowest BCUT2D eigenvalue weighted by Gasteiger charge is -2.06. The van der Waals surface area contributed by atoms with Crippen molar-refractivity contribution >= 4 is 27.5 Å². The molecule has 0 aliphatic rings. The third-order valence-electron chi connectivity index (χ3n) is 2.40. The van der Waals surface area contributed by atoms with Gasteiger partial charge in [-0.25, -0.2) is 9.97 Å². The van der Waals surface area contributed by atoms with E-state index >= 15 is 0 Å². The zero-order valence-electron chi connectivity index (χ0n) is 10.1. The van der Waals surface area contributed by atoms with Gasteiger partial charge in [-0.15, -0.1) is 0 Å². The van der Waals surface area contributed by atoms with Crippen molar-refractivity contribution in [3.05, 3.63) is 39.6 Å². The Morgan fingerprint density at radius 3 is 2.44 bits per heavy atom. The molecule has 0 aliphatic carbocycles. The number of aryl methyl sites for hydroxylation is 1. The summed E-state index contributed by atoms with van der Waals surface area (Å²) in [6, 6.07) is 7.63. The first-order valence-electron chi connectivity index (χ1n) is 5.54. The minimum absolute atomic E-state index is 0.423. The molecule has 0 saturated carbocycles. The van der Waals surface area contributed by atoms with E-state index in [1.165, 1.54) is 0 Å². The van der Waals surface area contributed by atoms with E-state index in [2.05, 4.69) is 25.9 Å². The van der Waals surface area contributed by atoms with Crippen LogP contribution in [0.1, 0.15) is 12.6 Å². The fraction of sp³-hybridized carbons (Fsp3) is 0.231. The molecule has 3 nitrogen and oxygen atoms in total. The molecule has 0 atom stereocenters. The highest BCUT2D eigenvalue weighted by molar-refractivity contribution is 9.10. The summed E-state index contributed by atoms with van der Waals surface area (Å²) in [5, 5.41) is 0.423. The summed E-state index contributed by atoms with van der Waals surface area (Å²) in [7, 11) is 0. The maximum absolute atomic E-state index is 6.03. The highest BCUT2D eigenvalue weighted by Crippen LogP contribution is 2.27. The fourth-order valence-electron chi connectivity index (χ4n) is 1.52. The smallest absolute Gasteiger partial charge is 0.161 e. The van der Waals surface area contributed by atoms with Crippen molar-refractivity contribution in [2.75, 3.05) is 6.61 Å². The quantitative estimate of drug-likeness (QED) is 0.790. The van der Waals surface area contributed by atoms with E-state index in [-0.39, 0.29) is 0 Å². The van der Waals surface area contributed by atoms with Crippen molar-refractivity contribution < 1.29 is 4.74 Å². The van der Waals surface area contributed by atoms with Gasteiger partial charge in [-0.05, 0) is 54.0 Å². The number of aromatic nitrogens is 2. The van der Waals surface area contributed by atoms with Crippen molar-refractivity contribution in [2.45, 2.75) is 13.8 Å². The molecule has 1 heterocycles. The molecular weight excluding hydrogens is 316 g/mol. The maximum atomic E-state index is 6.03. The van der Waals surface area contributed by atoms with Gasteiger partial charge in [0.25, 0.3) is 0 Å². The van der Waals surface area contributed by atoms with Gasteiger partial charge in [0.2, 0.25) is 0 Å². The van der Waals surface area contributed by atoms with Crippen LogP contribution >= 0.6 is 27.5 Å². The van der Waals surface area contributed by atoms with E-state index < -0.39 is 0 Å². The maximum Gasteiger partial charge on any atom is 0.161 e. The van der Waals surface area contributed by atoms with Gasteiger partial charge >= 0.3 is 0 Å². The molecule has 0 aliphatic heterocycles. The molecule has 0 saturated heterocycles. The van der Waals surface area contributed by atoms with Crippen LogP contribution in [0.5, 0.6) is 5.75 Å². The van der Waals surface area contributed by atoms with Gasteiger partial charge in [-0.3, -0.25) is 0 Å².